The molecule has 1 saturated heterocycles. The van der Waals surface area contributed by atoms with Gasteiger partial charge >= 0.3 is 0 Å². The van der Waals surface area contributed by atoms with Crippen molar-refractivity contribution in [2.24, 2.45) is 0 Å². The Bertz CT molecular complexity index is 380. The lowest BCUT2D eigenvalue weighted by molar-refractivity contribution is -0.0526. The number of halogens is 1. The molecule has 1 aromatic rings. The zero-order valence-electron chi connectivity index (χ0n) is 11.4. The maximum atomic E-state index is 13.7. The molecule has 1 atom stereocenters. The Morgan fingerprint density at radius 3 is 2.74 bits per heavy atom. The van der Waals surface area contributed by atoms with Crippen molar-refractivity contribution in [1.82, 2.24) is 5.32 Å². The van der Waals surface area contributed by atoms with Crippen LogP contribution < -0.4 is 5.32 Å². The SMILES string of the molecule is CCCNC(Cc1ccccc1F)CC1OCCO1. The van der Waals surface area contributed by atoms with E-state index in [0.29, 0.717) is 19.6 Å². The Kier molecular flexibility index (Phi) is 5.76. The lowest BCUT2D eigenvalue weighted by Crippen LogP contribution is -2.35. The van der Waals surface area contributed by atoms with Crippen molar-refractivity contribution >= 4 is 0 Å². The Morgan fingerprint density at radius 1 is 1.32 bits per heavy atom. The molecular weight excluding hydrogens is 245 g/mol. The van der Waals surface area contributed by atoms with Crippen LogP contribution in [0.2, 0.25) is 0 Å². The fourth-order valence-electron chi connectivity index (χ4n) is 2.29. The van der Waals surface area contributed by atoms with Gasteiger partial charge in [0, 0.05) is 12.5 Å². The van der Waals surface area contributed by atoms with Crippen LogP contribution in [-0.4, -0.2) is 32.1 Å². The molecule has 1 aliphatic rings. The van der Waals surface area contributed by atoms with E-state index in [-0.39, 0.29) is 18.1 Å². The van der Waals surface area contributed by atoms with Crippen molar-refractivity contribution < 1.29 is 13.9 Å². The van der Waals surface area contributed by atoms with Crippen LogP contribution in [0.1, 0.15) is 25.3 Å². The second-order valence-electron chi connectivity index (χ2n) is 4.85. The predicted octanol–water partition coefficient (Wildman–Crippen LogP) is 2.50. The summed E-state index contributed by atoms with van der Waals surface area (Å²) < 4.78 is 24.6. The lowest BCUT2D eigenvalue weighted by atomic mass is 10.0. The molecule has 0 saturated carbocycles. The number of rotatable bonds is 7. The van der Waals surface area contributed by atoms with E-state index in [0.717, 1.165) is 24.9 Å². The maximum absolute atomic E-state index is 13.7. The highest BCUT2D eigenvalue weighted by Crippen LogP contribution is 2.16. The molecule has 1 heterocycles. The van der Waals surface area contributed by atoms with E-state index in [1.54, 1.807) is 6.07 Å². The van der Waals surface area contributed by atoms with Gasteiger partial charge in [-0.3, -0.25) is 0 Å². The third kappa shape index (κ3) is 4.56. The molecule has 19 heavy (non-hydrogen) atoms. The van der Waals surface area contributed by atoms with E-state index < -0.39 is 0 Å². The summed E-state index contributed by atoms with van der Waals surface area (Å²) in [6.07, 6.45) is 2.32. The van der Waals surface area contributed by atoms with Gasteiger partial charge in [0.1, 0.15) is 5.82 Å². The van der Waals surface area contributed by atoms with Crippen molar-refractivity contribution in [2.75, 3.05) is 19.8 Å². The van der Waals surface area contributed by atoms with E-state index >= 15 is 0 Å². The molecule has 3 nitrogen and oxygen atoms in total. The number of nitrogens with one attached hydrogen (secondary N) is 1. The molecule has 0 aromatic heterocycles. The molecule has 1 unspecified atom stereocenters. The van der Waals surface area contributed by atoms with Gasteiger partial charge in [-0.1, -0.05) is 25.1 Å². The van der Waals surface area contributed by atoms with Gasteiger partial charge in [0.05, 0.1) is 13.2 Å². The molecule has 0 spiro atoms. The minimum atomic E-state index is -0.152. The highest BCUT2D eigenvalue weighted by Gasteiger charge is 2.22. The molecule has 1 aromatic carbocycles. The Balaban J connectivity index is 1.94. The van der Waals surface area contributed by atoms with Crippen LogP contribution in [0.15, 0.2) is 24.3 Å². The van der Waals surface area contributed by atoms with Crippen LogP contribution in [0.25, 0.3) is 0 Å². The van der Waals surface area contributed by atoms with Crippen molar-refractivity contribution in [3.63, 3.8) is 0 Å². The summed E-state index contributed by atoms with van der Waals surface area (Å²) in [5.74, 6) is -0.140. The summed E-state index contributed by atoms with van der Waals surface area (Å²) in [5.41, 5.74) is 0.745. The molecule has 0 amide bonds. The Hall–Kier alpha value is -0.970. The van der Waals surface area contributed by atoms with Crippen LogP contribution in [0.5, 0.6) is 0 Å². The monoisotopic (exact) mass is 267 g/mol. The van der Waals surface area contributed by atoms with Gasteiger partial charge in [-0.25, -0.2) is 4.39 Å². The minimum absolute atomic E-state index is 0.140. The molecule has 2 rings (SSSR count). The quantitative estimate of drug-likeness (QED) is 0.823. The smallest absolute Gasteiger partial charge is 0.159 e. The molecule has 4 heteroatoms. The van der Waals surface area contributed by atoms with Crippen molar-refractivity contribution in [2.45, 2.75) is 38.5 Å². The second-order valence-corrected chi connectivity index (χ2v) is 4.85. The van der Waals surface area contributed by atoms with Crippen molar-refractivity contribution in [1.29, 1.82) is 0 Å². The summed E-state index contributed by atoms with van der Waals surface area (Å²) in [5, 5.41) is 3.45. The predicted molar refractivity (Wildman–Crippen MR) is 72.5 cm³/mol. The minimum Gasteiger partial charge on any atom is -0.350 e. The summed E-state index contributed by atoms with van der Waals surface area (Å²) in [6, 6.07) is 7.12. The van der Waals surface area contributed by atoms with Gasteiger partial charge in [-0.2, -0.15) is 0 Å². The first-order valence-corrected chi connectivity index (χ1v) is 6.99. The van der Waals surface area contributed by atoms with Gasteiger partial charge in [0.25, 0.3) is 0 Å². The van der Waals surface area contributed by atoms with Gasteiger partial charge in [0.15, 0.2) is 6.29 Å². The first-order valence-electron chi connectivity index (χ1n) is 6.99. The molecule has 0 bridgehead atoms. The highest BCUT2D eigenvalue weighted by molar-refractivity contribution is 5.18. The van der Waals surface area contributed by atoms with Crippen LogP contribution in [0, 0.1) is 5.82 Å². The van der Waals surface area contributed by atoms with Crippen LogP contribution in [0.4, 0.5) is 4.39 Å². The number of hydrogen-bond donors (Lipinski definition) is 1. The summed E-state index contributed by atoms with van der Waals surface area (Å²) in [4.78, 5) is 0. The molecular formula is C15H22FNO2. The van der Waals surface area contributed by atoms with Gasteiger partial charge < -0.3 is 14.8 Å². The number of ether oxygens (including phenoxy) is 2. The summed E-state index contributed by atoms with van der Waals surface area (Å²) >= 11 is 0. The van der Waals surface area contributed by atoms with Crippen molar-refractivity contribution in [3.05, 3.63) is 35.6 Å². The lowest BCUT2D eigenvalue weighted by Gasteiger charge is -2.21. The van der Waals surface area contributed by atoms with E-state index in [4.69, 9.17) is 9.47 Å². The van der Waals surface area contributed by atoms with Gasteiger partial charge in [-0.05, 0) is 31.0 Å². The van der Waals surface area contributed by atoms with Crippen LogP contribution in [0.3, 0.4) is 0 Å². The maximum Gasteiger partial charge on any atom is 0.159 e. The third-order valence-electron chi connectivity index (χ3n) is 3.27. The molecule has 0 radical (unpaired) electrons. The van der Waals surface area contributed by atoms with Gasteiger partial charge in [0.2, 0.25) is 0 Å². The first kappa shape index (κ1) is 14.4. The summed E-state index contributed by atoms with van der Waals surface area (Å²) in [6.45, 7) is 4.36. The van der Waals surface area contributed by atoms with E-state index in [1.807, 2.05) is 12.1 Å². The third-order valence-corrected chi connectivity index (χ3v) is 3.27. The zero-order valence-corrected chi connectivity index (χ0v) is 11.4. The first-order chi connectivity index (χ1) is 9.29. The fraction of sp³-hybridized carbons (Fsp3) is 0.600. The second kappa shape index (κ2) is 7.58. The topological polar surface area (TPSA) is 30.5 Å². The molecule has 1 N–H and O–H groups in total. The van der Waals surface area contributed by atoms with E-state index in [2.05, 4.69) is 12.2 Å². The van der Waals surface area contributed by atoms with E-state index in [1.165, 1.54) is 6.07 Å². The largest absolute Gasteiger partial charge is 0.350 e. The average Bonchev–Trinajstić information content (AvgIpc) is 2.91. The highest BCUT2D eigenvalue weighted by atomic mass is 19.1. The Labute approximate surface area is 114 Å². The van der Waals surface area contributed by atoms with Crippen LogP contribution >= 0.6 is 0 Å². The average molecular weight is 267 g/mol. The molecule has 106 valence electrons. The number of hydrogen-bond acceptors (Lipinski definition) is 3. The zero-order chi connectivity index (χ0) is 13.5. The molecule has 1 aliphatic heterocycles. The van der Waals surface area contributed by atoms with Crippen molar-refractivity contribution in [3.8, 4) is 0 Å². The van der Waals surface area contributed by atoms with Crippen LogP contribution in [-0.2, 0) is 15.9 Å². The summed E-state index contributed by atoms with van der Waals surface area (Å²) in [7, 11) is 0. The number of benzene rings is 1. The molecule has 0 aliphatic carbocycles. The van der Waals surface area contributed by atoms with E-state index in [9.17, 15) is 4.39 Å². The van der Waals surface area contributed by atoms with Gasteiger partial charge in [-0.15, -0.1) is 0 Å². The Morgan fingerprint density at radius 2 is 2.05 bits per heavy atom. The fourth-order valence-corrected chi connectivity index (χ4v) is 2.29. The molecule has 1 fully saturated rings. The normalized spacial score (nSPS) is 17.8. The standard InChI is InChI=1S/C15H22FNO2/c1-2-7-17-13(11-15-18-8-9-19-15)10-12-5-3-4-6-14(12)16/h3-6,13,15,17H,2,7-11H2,1H3.